The number of carbonyl (C=O) groups excluding carboxylic acids is 1. The number of rotatable bonds is 4. The lowest BCUT2D eigenvalue weighted by Gasteiger charge is -2.10. The maximum atomic E-state index is 13.7. The van der Waals surface area contributed by atoms with Gasteiger partial charge < -0.3 is 4.74 Å². The van der Waals surface area contributed by atoms with Crippen LogP contribution in [0.15, 0.2) is 42.5 Å². The summed E-state index contributed by atoms with van der Waals surface area (Å²) in [6.45, 7) is 4.16. The Morgan fingerprint density at radius 2 is 1.95 bits per heavy atom. The molecule has 98 valence electrons. The number of benzene rings is 2. The van der Waals surface area contributed by atoms with Crippen LogP contribution in [0, 0.1) is 5.82 Å². The maximum absolute atomic E-state index is 13.7. The largest absolute Gasteiger partial charge is 0.454 e. The third-order valence-corrected chi connectivity index (χ3v) is 2.84. The van der Waals surface area contributed by atoms with E-state index in [9.17, 15) is 9.18 Å². The summed E-state index contributed by atoms with van der Waals surface area (Å²) < 4.78 is 19.2. The van der Waals surface area contributed by atoms with Crippen molar-refractivity contribution in [3.63, 3.8) is 0 Å². The molecule has 0 aromatic heterocycles. The van der Waals surface area contributed by atoms with E-state index in [1.54, 1.807) is 6.07 Å². The first kappa shape index (κ1) is 13.3. The monoisotopic (exact) mass is 258 g/mol. The van der Waals surface area contributed by atoms with Gasteiger partial charge in [0.1, 0.15) is 12.0 Å². The molecule has 0 atom stereocenters. The van der Waals surface area contributed by atoms with Gasteiger partial charge in [-0.1, -0.05) is 26.0 Å². The van der Waals surface area contributed by atoms with Crippen LogP contribution in [0.5, 0.6) is 11.5 Å². The van der Waals surface area contributed by atoms with E-state index in [2.05, 4.69) is 13.8 Å². The highest BCUT2D eigenvalue weighted by Crippen LogP contribution is 2.27. The van der Waals surface area contributed by atoms with Crippen LogP contribution in [0.2, 0.25) is 0 Å². The third kappa shape index (κ3) is 3.19. The zero-order valence-electron chi connectivity index (χ0n) is 10.9. The Balaban J connectivity index is 2.26. The molecular weight excluding hydrogens is 243 g/mol. The van der Waals surface area contributed by atoms with Gasteiger partial charge in [-0.05, 0) is 41.8 Å². The fraction of sp³-hybridized carbons (Fsp3) is 0.188. The van der Waals surface area contributed by atoms with E-state index in [-0.39, 0.29) is 5.75 Å². The number of hydrogen-bond acceptors (Lipinski definition) is 2. The fourth-order valence-electron chi connectivity index (χ4n) is 1.74. The SMILES string of the molecule is CC(C)c1cccc(Oc2ccc(C=O)cc2F)c1. The summed E-state index contributed by atoms with van der Waals surface area (Å²) in [7, 11) is 0. The quantitative estimate of drug-likeness (QED) is 0.752. The van der Waals surface area contributed by atoms with Gasteiger partial charge in [-0.2, -0.15) is 0 Å². The first-order valence-electron chi connectivity index (χ1n) is 6.12. The van der Waals surface area contributed by atoms with Gasteiger partial charge in [-0.25, -0.2) is 4.39 Å². The van der Waals surface area contributed by atoms with Crippen LogP contribution in [-0.2, 0) is 0 Å². The van der Waals surface area contributed by atoms with E-state index >= 15 is 0 Å². The first-order valence-corrected chi connectivity index (χ1v) is 6.12. The Labute approximate surface area is 111 Å². The lowest BCUT2D eigenvalue weighted by Crippen LogP contribution is -1.92. The number of aldehydes is 1. The van der Waals surface area contributed by atoms with E-state index in [1.165, 1.54) is 12.1 Å². The van der Waals surface area contributed by atoms with Gasteiger partial charge in [-0.3, -0.25) is 4.79 Å². The lowest BCUT2D eigenvalue weighted by atomic mass is 10.0. The van der Waals surface area contributed by atoms with E-state index < -0.39 is 5.82 Å². The van der Waals surface area contributed by atoms with Gasteiger partial charge >= 0.3 is 0 Å². The molecule has 0 aliphatic rings. The van der Waals surface area contributed by atoms with Crippen molar-refractivity contribution < 1.29 is 13.9 Å². The minimum atomic E-state index is -0.542. The molecule has 0 aliphatic heterocycles. The molecule has 0 fully saturated rings. The van der Waals surface area contributed by atoms with Crippen molar-refractivity contribution in [2.75, 3.05) is 0 Å². The van der Waals surface area contributed by atoms with Crippen LogP contribution in [0.3, 0.4) is 0 Å². The molecule has 0 heterocycles. The molecule has 0 amide bonds. The Morgan fingerprint density at radius 1 is 1.16 bits per heavy atom. The zero-order valence-corrected chi connectivity index (χ0v) is 10.9. The molecule has 0 radical (unpaired) electrons. The highest BCUT2D eigenvalue weighted by molar-refractivity contribution is 5.75. The van der Waals surface area contributed by atoms with E-state index in [0.29, 0.717) is 23.5 Å². The first-order chi connectivity index (χ1) is 9.10. The van der Waals surface area contributed by atoms with Crippen LogP contribution < -0.4 is 4.74 Å². The number of hydrogen-bond donors (Lipinski definition) is 0. The third-order valence-electron chi connectivity index (χ3n) is 2.84. The number of carbonyl (C=O) groups is 1. The predicted molar refractivity (Wildman–Crippen MR) is 72.4 cm³/mol. The van der Waals surface area contributed by atoms with Crippen molar-refractivity contribution in [3.8, 4) is 11.5 Å². The molecule has 0 bridgehead atoms. The molecule has 0 unspecified atom stereocenters. The second kappa shape index (κ2) is 5.65. The van der Waals surface area contributed by atoms with Crippen LogP contribution in [0.1, 0.15) is 35.7 Å². The number of ether oxygens (including phenoxy) is 1. The van der Waals surface area contributed by atoms with Crippen LogP contribution in [0.4, 0.5) is 4.39 Å². The van der Waals surface area contributed by atoms with Crippen molar-refractivity contribution >= 4 is 6.29 Å². The van der Waals surface area contributed by atoms with Gasteiger partial charge in [0.2, 0.25) is 0 Å². The highest BCUT2D eigenvalue weighted by atomic mass is 19.1. The lowest BCUT2D eigenvalue weighted by molar-refractivity contribution is 0.112. The van der Waals surface area contributed by atoms with Crippen LogP contribution in [0.25, 0.3) is 0 Å². The highest BCUT2D eigenvalue weighted by Gasteiger charge is 2.07. The molecule has 0 spiro atoms. The molecule has 2 aromatic carbocycles. The van der Waals surface area contributed by atoms with E-state index in [1.807, 2.05) is 18.2 Å². The van der Waals surface area contributed by atoms with Crippen molar-refractivity contribution in [1.82, 2.24) is 0 Å². The second-order valence-electron chi connectivity index (χ2n) is 4.64. The van der Waals surface area contributed by atoms with Gasteiger partial charge in [0.15, 0.2) is 11.6 Å². The summed E-state index contributed by atoms with van der Waals surface area (Å²) in [5.74, 6) is 0.542. The average molecular weight is 258 g/mol. The fourth-order valence-corrected chi connectivity index (χ4v) is 1.74. The van der Waals surface area contributed by atoms with E-state index in [4.69, 9.17) is 4.74 Å². The molecule has 0 aliphatic carbocycles. The Kier molecular flexibility index (Phi) is 3.95. The van der Waals surface area contributed by atoms with Crippen LogP contribution in [-0.4, -0.2) is 6.29 Å². The summed E-state index contributed by atoms with van der Waals surface area (Å²) in [4.78, 5) is 10.5. The smallest absolute Gasteiger partial charge is 0.166 e. The predicted octanol–water partition coefficient (Wildman–Crippen LogP) is 4.55. The van der Waals surface area contributed by atoms with Crippen molar-refractivity contribution in [1.29, 1.82) is 0 Å². The van der Waals surface area contributed by atoms with Gasteiger partial charge in [0.25, 0.3) is 0 Å². The van der Waals surface area contributed by atoms with Gasteiger partial charge in [-0.15, -0.1) is 0 Å². The van der Waals surface area contributed by atoms with Crippen LogP contribution >= 0.6 is 0 Å². The summed E-state index contributed by atoms with van der Waals surface area (Å²) in [6, 6.07) is 11.7. The maximum Gasteiger partial charge on any atom is 0.166 e. The molecule has 0 N–H and O–H groups in total. The zero-order chi connectivity index (χ0) is 13.8. The molecule has 0 saturated heterocycles. The van der Waals surface area contributed by atoms with Gasteiger partial charge in [0.05, 0.1) is 0 Å². The average Bonchev–Trinajstić information content (AvgIpc) is 2.41. The minimum Gasteiger partial charge on any atom is -0.454 e. The Hall–Kier alpha value is -2.16. The Bertz CT molecular complexity index is 591. The summed E-state index contributed by atoms with van der Waals surface area (Å²) in [5.41, 5.74) is 1.42. The Morgan fingerprint density at radius 3 is 2.58 bits per heavy atom. The van der Waals surface area contributed by atoms with E-state index in [0.717, 1.165) is 11.6 Å². The van der Waals surface area contributed by atoms with Crippen molar-refractivity contribution in [2.24, 2.45) is 0 Å². The standard InChI is InChI=1S/C16H15FO2/c1-11(2)13-4-3-5-14(9-13)19-16-7-6-12(10-18)8-15(16)17/h3-11H,1-2H3. The van der Waals surface area contributed by atoms with Crippen molar-refractivity contribution in [3.05, 3.63) is 59.4 Å². The normalized spacial score (nSPS) is 10.5. The molecule has 2 nitrogen and oxygen atoms in total. The molecule has 0 saturated carbocycles. The molecule has 3 heteroatoms. The second-order valence-corrected chi connectivity index (χ2v) is 4.64. The summed E-state index contributed by atoms with van der Waals surface area (Å²) >= 11 is 0. The molecule has 2 rings (SSSR count). The van der Waals surface area contributed by atoms with Crippen molar-refractivity contribution in [2.45, 2.75) is 19.8 Å². The molecule has 2 aromatic rings. The number of halogens is 1. The minimum absolute atomic E-state index is 0.117. The summed E-state index contributed by atoms with van der Waals surface area (Å²) in [6.07, 6.45) is 0.603. The topological polar surface area (TPSA) is 26.3 Å². The molecular formula is C16H15FO2. The summed E-state index contributed by atoms with van der Waals surface area (Å²) in [5, 5.41) is 0. The molecule has 19 heavy (non-hydrogen) atoms. The van der Waals surface area contributed by atoms with Gasteiger partial charge in [0, 0.05) is 5.56 Å².